The fraction of sp³-hybridized carbons (Fsp3) is 0.222. The van der Waals surface area contributed by atoms with Crippen molar-refractivity contribution in [3.05, 3.63) is 59.5 Å². The van der Waals surface area contributed by atoms with Crippen LogP contribution < -0.4 is 4.74 Å². The Balaban J connectivity index is 1.71. The van der Waals surface area contributed by atoms with E-state index in [4.69, 9.17) is 14.4 Å². The zero-order valence-electron chi connectivity index (χ0n) is 13.7. The van der Waals surface area contributed by atoms with Gasteiger partial charge >= 0.3 is 0 Å². The monoisotopic (exact) mass is 338 g/mol. The molecule has 2 heterocycles. The topological polar surface area (TPSA) is 84.8 Å². The van der Waals surface area contributed by atoms with E-state index in [1.54, 1.807) is 18.3 Å². The van der Waals surface area contributed by atoms with Crippen LogP contribution >= 0.6 is 0 Å². The number of nitrogens with zero attached hydrogens (tertiary/aromatic N) is 4. The molecule has 0 aliphatic carbocycles. The minimum absolute atomic E-state index is 0.111. The number of ether oxygens (including phenoxy) is 1. The zero-order valence-corrected chi connectivity index (χ0v) is 13.7. The van der Waals surface area contributed by atoms with Crippen molar-refractivity contribution in [2.75, 3.05) is 0 Å². The Morgan fingerprint density at radius 1 is 1.24 bits per heavy atom. The molecule has 0 saturated carbocycles. The van der Waals surface area contributed by atoms with E-state index >= 15 is 0 Å². The van der Waals surface area contributed by atoms with Gasteiger partial charge in [0.2, 0.25) is 11.8 Å². The summed E-state index contributed by atoms with van der Waals surface area (Å²) in [4.78, 5) is 4.27. The third-order valence-electron chi connectivity index (χ3n) is 3.45. The maximum atomic E-state index is 13.3. The van der Waals surface area contributed by atoms with Crippen LogP contribution in [0.4, 0.5) is 4.39 Å². The van der Waals surface area contributed by atoms with E-state index in [9.17, 15) is 4.39 Å². The van der Waals surface area contributed by atoms with Crippen LogP contribution in [-0.4, -0.2) is 15.2 Å². The number of hydrogen-bond donors (Lipinski definition) is 0. The van der Waals surface area contributed by atoms with E-state index in [-0.39, 0.29) is 23.8 Å². The van der Waals surface area contributed by atoms with Crippen LogP contribution in [-0.2, 0) is 6.61 Å². The third kappa shape index (κ3) is 3.80. The molecular weight excluding hydrogens is 323 g/mol. The number of rotatable bonds is 5. The Labute approximate surface area is 143 Å². The largest absolute Gasteiger partial charge is 0.486 e. The molecule has 0 saturated heterocycles. The van der Waals surface area contributed by atoms with Crippen LogP contribution in [0.15, 0.2) is 40.9 Å². The highest BCUT2D eigenvalue weighted by Crippen LogP contribution is 2.22. The van der Waals surface area contributed by atoms with E-state index in [0.29, 0.717) is 23.0 Å². The number of hydrogen-bond acceptors (Lipinski definition) is 6. The molecule has 0 N–H and O–H groups in total. The summed E-state index contributed by atoms with van der Waals surface area (Å²) in [5.41, 5.74) is 1.59. The van der Waals surface area contributed by atoms with Gasteiger partial charge in [-0.3, -0.25) is 4.98 Å². The number of halogens is 1. The molecule has 2 aromatic heterocycles. The summed E-state index contributed by atoms with van der Waals surface area (Å²) in [5.74, 6) is 0.849. The number of benzene rings is 1. The van der Waals surface area contributed by atoms with Gasteiger partial charge in [-0.05, 0) is 24.3 Å². The van der Waals surface area contributed by atoms with Crippen LogP contribution in [0.5, 0.6) is 5.75 Å². The fourth-order valence-corrected chi connectivity index (χ4v) is 2.08. The van der Waals surface area contributed by atoms with Crippen LogP contribution in [0.3, 0.4) is 0 Å². The molecular formula is C18H15FN4O2. The summed E-state index contributed by atoms with van der Waals surface area (Å²) in [6.07, 6.45) is 1.60. The second-order valence-corrected chi connectivity index (χ2v) is 5.68. The SMILES string of the molecule is CC(C)c1nnc(-c2ccc(COc3cc(F)ccc3C#N)nc2)o1. The van der Waals surface area contributed by atoms with Crippen LogP contribution in [0, 0.1) is 17.1 Å². The first kappa shape index (κ1) is 16.6. The average molecular weight is 338 g/mol. The molecule has 0 amide bonds. The van der Waals surface area contributed by atoms with E-state index in [1.807, 2.05) is 19.9 Å². The quantitative estimate of drug-likeness (QED) is 0.702. The van der Waals surface area contributed by atoms with Gasteiger partial charge in [-0.2, -0.15) is 5.26 Å². The Kier molecular flexibility index (Phi) is 4.70. The highest BCUT2D eigenvalue weighted by atomic mass is 19.1. The third-order valence-corrected chi connectivity index (χ3v) is 3.45. The standard InChI is InChI=1S/C18H15FN4O2/c1-11(2)17-22-23-18(25-17)13-4-6-15(21-9-13)10-24-16-7-14(19)5-3-12(16)8-20/h3-7,9,11H,10H2,1-2H3. The molecule has 25 heavy (non-hydrogen) atoms. The fourth-order valence-electron chi connectivity index (χ4n) is 2.08. The van der Waals surface area contributed by atoms with Gasteiger partial charge in [-0.15, -0.1) is 10.2 Å². The van der Waals surface area contributed by atoms with Crippen molar-refractivity contribution < 1.29 is 13.5 Å². The second kappa shape index (κ2) is 7.09. The van der Waals surface area contributed by atoms with E-state index < -0.39 is 5.82 Å². The van der Waals surface area contributed by atoms with Crippen molar-refractivity contribution in [2.24, 2.45) is 0 Å². The summed E-state index contributed by atoms with van der Waals surface area (Å²) in [6.45, 7) is 4.05. The van der Waals surface area contributed by atoms with Crippen molar-refractivity contribution >= 4 is 0 Å². The first-order valence-electron chi connectivity index (χ1n) is 7.68. The minimum atomic E-state index is -0.463. The molecule has 1 aromatic carbocycles. The molecule has 0 atom stereocenters. The lowest BCUT2D eigenvalue weighted by atomic mass is 10.2. The predicted octanol–water partition coefficient (Wildman–Crippen LogP) is 3.84. The van der Waals surface area contributed by atoms with Gasteiger partial charge < -0.3 is 9.15 Å². The molecule has 0 aliphatic heterocycles. The van der Waals surface area contributed by atoms with Crippen LogP contribution in [0.1, 0.15) is 36.9 Å². The molecule has 3 rings (SSSR count). The van der Waals surface area contributed by atoms with Gasteiger partial charge in [0.05, 0.1) is 16.8 Å². The summed E-state index contributed by atoms with van der Waals surface area (Å²) in [5, 5.41) is 17.0. The van der Waals surface area contributed by atoms with Crippen molar-refractivity contribution in [3.63, 3.8) is 0 Å². The lowest BCUT2D eigenvalue weighted by Gasteiger charge is -2.07. The highest BCUT2D eigenvalue weighted by molar-refractivity contribution is 5.50. The van der Waals surface area contributed by atoms with Crippen molar-refractivity contribution in [1.82, 2.24) is 15.2 Å². The van der Waals surface area contributed by atoms with E-state index in [0.717, 1.165) is 0 Å². The van der Waals surface area contributed by atoms with Crippen LogP contribution in [0.2, 0.25) is 0 Å². The smallest absolute Gasteiger partial charge is 0.249 e. The molecule has 7 heteroatoms. The first-order valence-corrected chi connectivity index (χ1v) is 7.68. The Bertz CT molecular complexity index is 914. The second-order valence-electron chi connectivity index (χ2n) is 5.68. The van der Waals surface area contributed by atoms with Gasteiger partial charge in [-0.25, -0.2) is 4.39 Å². The van der Waals surface area contributed by atoms with E-state index in [1.165, 1.54) is 18.2 Å². The average Bonchev–Trinajstić information content (AvgIpc) is 3.11. The zero-order chi connectivity index (χ0) is 17.8. The molecule has 6 nitrogen and oxygen atoms in total. The highest BCUT2D eigenvalue weighted by Gasteiger charge is 2.12. The Morgan fingerprint density at radius 2 is 2.08 bits per heavy atom. The van der Waals surface area contributed by atoms with Gasteiger partial charge in [0.15, 0.2) is 0 Å². The normalized spacial score (nSPS) is 10.7. The number of pyridine rings is 1. The molecule has 0 fully saturated rings. The van der Waals surface area contributed by atoms with Gasteiger partial charge in [-0.1, -0.05) is 13.8 Å². The maximum absolute atomic E-state index is 13.3. The summed E-state index contributed by atoms with van der Waals surface area (Å²) in [6, 6.07) is 9.28. The van der Waals surface area contributed by atoms with Gasteiger partial charge in [0.25, 0.3) is 0 Å². The van der Waals surface area contributed by atoms with Crippen molar-refractivity contribution in [1.29, 1.82) is 5.26 Å². The first-order chi connectivity index (χ1) is 12.1. The molecule has 3 aromatic rings. The molecule has 126 valence electrons. The van der Waals surface area contributed by atoms with Gasteiger partial charge in [0, 0.05) is 18.2 Å². The molecule has 0 aliphatic rings. The summed E-state index contributed by atoms with van der Waals surface area (Å²) >= 11 is 0. The Morgan fingerprint density at radius 3 is 2.72 bits per heavy atom. The summed E-state index contributed by atoms with van der Waals surface area (Å²) < 4.78 is 24.4. The van der Waals surface area contributed by atoms with Gasteiger partial charge in [0.1, 0.15) is 24.2 Å². The van der Waals surface area contributed by atoms with E-state index in [2.05, 4.69) is 15.2 Å². The van der Waals surface area contributed by atoms with Crippen LogP contribution in [0.25, 0.3) is 11.5 Å². The summed E-state index contributed by atoms with van der Waals surface area (Å²) in [7, 11) is 0. The lowest BCUT2D eigenvalue weighted by Crippen LogP contribution is -2.00. The molecule has 0 bridgehead atoms. The lowest BCUT2D eigenvalue weighted by molar-refractivity contribution is 0.299. The van der Waals surface area contributed by atoms with Crippen molar-refractivity contribution in [2.45, 2.75) is 26.4 Å². The molecule has 0 unspecified atom stereocenters. The predicted molar refractivity (Wildman–Crippen MR) is 87.1 cm³/mol. The number of nitriles is 1. The molecule has 0 spiro atoms. The Hall–Kier alpha value is -3.27. The number of aromatic nitrogens is 3. The van der Waals surface area contributed by atoms with Crippen molar-refractivity contribution in [3.8, 4) is 23.3 Å². The maximum Gasteiger partial charge on any atom is 0.249 e. The molecule has 0 radical (unpaired) electrons. The minimum Gasteiger partial charge on any atom is -0.486 e.